The van der Waals surface area contributed by atoms with Gasteiger partial charge in [0.2, 0.25) is 5.91 Å². The molecule has 2 aromatic rings. The number of piperidine rings is 1. The predicted octanol–water partition coefficient (Wildman–Crippen LogP) is 3.86. The third-order valence-corrected chi connectivity index (χ3v) is 7.15. The van der Waals surface area contributed by atoms with E-state index in [1.54, 1.807) is 7.11 Å². The summed E-state index contributed by atoms with van der Waals surface area (Å²) in [6.45, 7) is 8.78. The number of rotatable bonds is 7. The summed E-state index contributed by atoms with van der Waals surface area (Å²) in [4.78, 5) is 35.8. The molecule has 0 bridgehead atoms. The number of ether oxygens (including phenoxy) is 2. The number of carboxylic acid groups (broad SMARTS) is 1. The van der Waals surface area contributed by atoms with Crippen LogP contribution in [0, 0.1) is 5.92 Å². The summed E-state index contributed by atoms with van der Waals surface area (Å²) >= 11 is 0. The van der Waals surface area contributed by atoms with E-state index < -0.39 is 12.1 Å². The Bertz CT molecular complexity index is 1110. The van der Waals surface area contributed by atoms with Gasteiger partial charge < -0.3 is 28.9 Å². The third kappa shape index (κ3) is 7.81. The summed E-state index contributed by atoms with van der Waals surface area (Å²) < 4.78 is 44.7. The average molecular weight is 558 g/mol. The number of methoxy groups -OCH3 is 1. The molecule has 4 heterocycles. The number of hydrogen-bond donors (Lipinski definition) is 1. The van der Waals surface area contributed by atoms with E-state index in [9.17, 15) is 18.0 Å². The first kappa shape index (κ1) is 30.6. The van der Waals surface area contributed by atoms with E-state index in [-0.39, 0.29) is 5.92 Å². The number of carbonyl (C=O) groups excluding carboxylic acids is 1. The van der Waals surface area contributed by atoms with Gasteiger partial charge in [-0.15, -0.1) is 0 Å². The number of likely N-dealkylation sites (N-methyl/N-ethyl adjacent to an activating group) is 1. The van der Waals surface area contributed by atoms with Crippen LogP contribution in [0.15, 0.2) is 12.4 Å². The first-order valence-electron chi connectivity index (χ1n) is 13.2. The van der Waals surface area contributed by atoms with Crippen molar-refractivity contribution in [2.24, 2.45) is 5.92 Å². The molecule has 2 aliphatic rings. The molecular weight excluding hydrogens is 519 g/mol. The average Bonchev–Trinajstić information content (AvgIpc) is 3.35. The van der Waals surface area contributed by atoms with Crippen molar-refractivity contribution < 1.29 is 37.3 Å². The molecule has 13 heteroatoms. The lowest BCUT2D eigenvalue weighted by molar-refractivity contribution is -0.192. The summed E-state index contributed by atoms with van der Waals surface area (Å²) in [7, 11) is 3.77. The Morgan fingerprint density at radius 3 is 2.36 bits per heavy atom. The fourth-order valence-corrected chi connectivity index (χ4v) is 4.85. The number of carbonyl (C=O) groups is 2. The van der Waals surface area contributed by atoms with Gasteiger partial charge >= 0.3 is 12.1 Å². The molecule has 0 saturated carbocycles. The van der Waals surface area contributed by atoms with Gasteiger partial charge in [0.15, 0.2) is 5.82 Å². The second-order valence-corrected chi connectivity index (χ2v) is 10.2. The summed E-state index contributed by atoms with van der Waals surface area (Å²) in [6, 6.07) is 2.54. The highest BCUT2D eigenvalue weighted by Crippen LogP contribution is 2.34. The van der Waals surface area contributed by atoms with E-state index in [1.165, 1.54) is 0 Å². The summed E-state index contributed by atoms with van der Waals surface area (Å²) in [5, 5.41) is 7.12. The van der Waals surface area contributed by atoms with Crippen LogP contribution in [0.25, 0.3) is 11.0 Å². The molecule has 0 atom stereocenters. The molecule has 0 unspecified atom stereocenters. The molecule has 2 aromatic heterocycles. The Hall–Kier alpha value is -2.93. The number of halogens is 3. The quantitative estimate of drug-likeness (QED) is 0.547. The molecular formula is C26H38F3N5O5. The molecule has 0 aromatic carbocycles. The lowest BCUT2D eigenvalue weighted by atomic mass is 9.91. The highest BCUT2D eigenvalue weighted by molar-refractivity contribution is 5.87. The van der Waals surface area contributed by atoms with Gasteiger partial charge in [-0.25, -0.2) is 14.8 Å². The second-order valence-electron chi connectivity index (χ2n) is 10.2. The number of alkyl halides is 3. The molecule has 0 radical (unpaired) electrons. The van der Waals surface area contributed by atoms with Crippen molar-refractivity contribution in [3.63, 3.8) is 0 Å². The number of anilines is 1. The fourth-order valence-electron chi connectivity index (χ4n) is 4.85. The third-order valence-electron chi connectivity index (χ3n) is 7.15. The maximum Gasteiger partial charge on any atom is 0.490 e. The zero-order chi connectivity index (χ0) is 28.7. The minimum Gasteiger partial charge on any atom is -0.475 e. The van der Waals surface area contributed by atoms with Crippen LogP contribution in [0.3, 0.4) is 0 Å². The van der Waals surface area contributed by atoms with E-state index in [0.29, 0.717) is 37.7 Å². The highest BCUT2D eigenvalue weighted by Gasteiger charge is 2.38. The number of nitrogens with zero attached hydrogens (tertiary/aromatic N) is 5. The van der Waals surface area contributed by atoms with Crippen LogP contribution in [0.1, 0.15) is 57.2 Å². The Labute approximate surface area is 226 Å². The monoisotopic (exact) mass is 557 g/mol. The van der Waals surface area contributed by atoms with Crippen molar-refractivity contribution in [1.82, 2.24) is 19.4 Å². The zero-order valence-electron chi connectivity index (χ0n) is 22.9. The largest absolute Gasteiger partial charge is 0.490 e. The van der Waals surface area contributed by atoms with Gasteiger partial charge in [0.05, 0.1) is 18.5 Å². The molecule has 10 nitrogen and oxygen atoms in total. The minimum absolute atomic E-state index is 0.135. The van der Waals surface area contributed by atoms with E-state index in [4.69, 9.17) is 29.3 Å². The van der Waals surface area contributed by atoms with Crippen molar-refractivity contribution in [3.8, 4) is 0 Å². The Balaban J connectivity index is 0.000000532. The lowest BCUT2D eigenvalue weighted by Gasteiger charge is -2.35. The first-order chi connectivity index (χ1) is 18.4. The number of aromatic nitrogens is 3. The van der Waals surface area contributed by atoms with Crippen LogP contribution in [-0.4, -0.2) is 96.2 Å². The van der Waals surface area contributed by atoms with Gasteiger partial charge in [-0.05, 0) is 45.6 Å². The molecule has 1 amide bonds. The number of fused-ring (bicyclic) bond motifs is 1. The van der Waals surface area contributed by atoms with Gasteiger partial charge in [-0.2, -0.15) is 13.2 Å². The number of amides is 1. The topological polar surface area (TPSA) is 110 Å². The number of aliphatic carboxylic acids is 1. The Morgan fingerprint density at radius 2 is 1.82 bits per heavy atom. The van der Waals surface area contributed by atoms with Crippen molar-refractivity contribution in [2.75, 3.05) is 58.5 Å². The zero-order valence-corrected chi connectivity index (χ0v) is 22.9. The van der Waals surface area contributed by atoms with Gasteiger partial charge in [0.25, 0.3) is 0 Å². The van der Waals surface area contributed by atoms with Crippen molar-refractivity contribution in [1.29, 1.82) is 0 Å². The fraction of sp³-hybridized carbons (Fsp3) is 0.692. The normalized spacial score (nSPS) is 17.3. The van der Waals surface area contributed by atoms with E-state index in [2.05, 4.69) is 34.3 Å². The molecule has 1 N–H and O–H groups in total. The van der Waals surface area contributed by atoms with Gasteiger partial charge in [0.1, 0.15) is 5.52 Å². The van der Waals surface area contributed by atoms with Crippen LogP contribution in [-0.2, 0) is 19.1 Å². The molecule has 39 heavy (non-hydrogen) atoms. The smallest absolute Gasteiger partial charge is 0.475 e. The maximum absolute atomic E-state index is 12.9. The van der Waals surface area contributed by atoms with Gasteiger partial charge in [-0.1, -0.05) is 0 Å². The summed E-state index contributed by atoms with van der Waals surface area (Å²) in [6.07, 6.45) is 0.444. The highest BCUT2D eigenvalue weighted by atomic mass is 19.4. The van der Waals surface area contributed by atoms with Crippen LogP contribution in [0.2, 0.25) is 0 Å². The molecule has 2 saturated heterocycles. The molecule has 2 aliphatic heterocycles. The number of pyridine rings is 1. The second kappa shape index (κ2) is 13.4. The van der Waals surface area contributed by atoms with Crippen LogP contribution < -0.4 is 4.90 Å². The SMILES string of the molecule is COCCN(C)c1nc(C2CCN(C(=O)C3CCOCC3)CC2)cc2c1ncn2C(C)C.O=C(O)C(F)(F)F. The molecule has 4 rings (SSSR count). The Kier molecular flexibility index (Phi) is 10.5. The van der Waals surface area contributed by atoms with Crippen molar-refractivity contribution >= 4 is 28.7 Å². The molecule has 2 fully saturated rings. The van der Waals surface area contributed by atoms with E-state index in [1.807, 2.05) is 13.4 Å². The van der Waals surface area contributed by atoms with Crippen LogP contribution in [0.5, 0.6) is 0 Å². The number of likely N-dealkylation sites (tertiary alicyclic amines) is 1. The molecule has 0 aliphatic carbocycles. The maximum atomic E-state index is 12.9. The van der Waals surface area contributed by atoms with Crippen molar-refractivity contribution in [3.05, 3.63) is 18.1 Å². The number of imidazole rings is 1. The molecule has 0 spiro atoms. The van der Waals surface area contributed by atoms with Crippen LogP contribution >= 0.6 is 0 Å². The van der Waals surface area contributed by atoms with Crippen LogP contribution in [0.4, 0.5) is 19.0 Å². The Morgan fingerprint density at radius 1 is 1.21 bits per heavy atom. The van der Waals surface area contributed by atoms with Gasteiger partial charge in [0, 0.05) is 70.6 Å². The van der Waals surface area contributed by atoms with E-state index >= 15 is 0 Å². The van der Waals surface area contributed by atoms with Crippen molar-refractivity contribution in [2.45, 2.75) is 57.7 Å². The first-order valence-corrected chi connectivity index (χ1v) is 13.2. The summed E-state index contributed by atoms with van der Waals surface area (Å²) in [5.74, 6) is -1.05. The molecule has 218 valence electrons. The van der Waals surface area contributed by atoms with Gasteiger partial charge in [-0.3, -0.25) is 4.79 Å². The predicted molar refractivity (Wildman–Crippen MR) is 139 cm³/mol. The number of hydrogen-bond acceptors (Lipinski definition) is 7. The standard InChI is InChI=1S/C24H37N5O3.C2HF3O2/c1-17(2)29-16-25-22-21(29)15-20(26-23(22)27(3)11-14-31-4)18-5-9-28(10-6-18)24(30)19-7-12-32-13-8-19;3-2(4,5)1(6)7/h15-19H,5-14H2,1-4H3;(H,6,7). The lowest BCUT2D eigenvalue weighted by Crippen LogP contribution is -2.42. The number of carboxylic acids is 1. The summed E-state index contributed by atoms with van der Waals surface area (Å²) in [5.41, 5.74) is 3.18. The minimum atomic E-state index is -5.08. The van der Waals surface area contributed by atoms with E-state index in [0.717, 1.165) is 67.9 Å².